The maximum Gasteiger partial charge on any atom is 0.0752 e. The summed E-state index contributed by atoms with van der Waals surface area (Å²) in [6.07, 6.45) is 2.67. The normalized spacial score (nSPS) is 16.1. The van der Waals surface area contributed by atoms with Crippen molar-refractivity contribution in [1.29, 1.82) is 0 Å². The average Bonchev–Trinajstić information content (AvgIpc) is 3.14. The van der Waals surface area contributed by atoms with Crippen LogP contribution in [0.4, 0.5) is 0 Å². The van der Waals surface area contributed by atoms with E-state index in [1.54, 1.807) is 4.90 Å². The molecule has 0 spiro atoms. The minimum Gasteiger partial charge on any atom is -0.360 e. The lowest BCUT2D eigenvalue weighted by atomic mass is 9.56. The molecule has 3 rings (SSSR count). The van der Waals surface area contributed by atoms with Crippen LogP contribution in [-0.4, -0.2) is 20.4 Å². The summed E-state index contributed by atoms with van der Waals surface area (Å²) in [6, 6.07) is 4.55. The van der Waals surface area contributed by atoms with Gasteiger partial charge >= 0.3 is 0 Å². The Morgan fingerprint density at radius 3 is 1.89 bits per heavy atom. The van der Waals surface area contributed by atoms with E-state index in [0.717, 1.165) is 10.0 Å². The second kappa shape index (κ2) is 8.19. The SMILES string of the molecule is Cc1cc(C)c([BH2-]C(c2c(C)cc(C)c(Cl)c2C)[NH+]2CCCC2)c(C)c1Cl. The minimum absolute atomic E-state index is 0.412. The smallest absolute Gasteiger partial charge is 0.0752 e. The largest absolute Gasteiger partial charge is 0.360 e. The molecule has 1 nitrogen and oxygen atoms in total. The lowest BCUT2D eigenvalue weighted by Gasteiger charge is -2.35. The molecule has 1 atom stereocenters. The monoisotopic (exact) mass is 403 g/mol. The molecular weight excluding hydrogens is 372 g/mol. The van der Waals surface area contributed by atoms with Crippen molar-refractivity contribution in [3.63, 3.8) is 0 Å². The van der Waals surface area contributed by atoms with Crippen molar-refractivity contribution in [3.05, 3.63) is 61.1 Å². The molecule has 4 heteroatoms. The number of benzene rings is 2. The molecule has 146 valence electrons. The molecule has 1 fully saturated rings. The van der Waals surface area contributed by atoms with Crippen molar-refractivity contribution in [2.75, 3.05) is 13.1 Å². The molecular formula is C23H32BCl2N. The highest BCUT2D eigenvalue weighted by Gasteiger charge is 2.27. The number of likely N-dealkylation sites (tertiary alicyclic amines) is 1. The van der Waals surface area contributed by atoms with Gasteiger partial charge in [0.25, 0.3) is 0 Å². The Kier molecular flexibility index (Phi) is 6.30. The molecule has 1 N–H and O–H groups in total. The van der Waals surface area contributed by atoms with Gasteiger partial charge < -0.3 is 4.90 Å². The van der Waals surface area contributed by atoms with E-state index in [-0.39, 0.29) is 0 Å². The van der Waals surface area contributed by atoms with Gasteiger partial charge in [-0.25, -0.2) is 5.46 Å². The second-order valence-corrected chi connectivity index (χ2v) is 9.57. The predicted octanol–water partition coefficient (Wildman–Crippen LogP) is 4.02. The van der Waals surface area contributed by atoms with E-state index in [4.69, 9.17) is 23.2 Å². The van der Waals surface area contributed by atoms with Crippen molar-refractivity contribution in [2.45, 2.75) is 60.3 Å². The van der Waals surface area contributed by atoms with Crippen molar-refractivity contribution in [3.8, 4) is 0 Å². The Morgan fingerprint density at radius 2 is 1.30 bits per heavy atom. The van der Waals surface area contributed by atoms with E-state index in [2.05, 4.69) is 53.7 Å². The average molecular weight is 404 g/mol. The summed E-state index contributed by atoms with van der Waals surface area (Å²) < 4.78 is 0. The predicted molar refractivity (Wildman–Crippen MR) is 122 cm³/mol. The Labute approximate surface area is 175 Å². The first-order valence-corrected chi connectivity index (χ1v) is 11.2. The summed E-state index contributed by atoms with van der Waals surface area (Å²) in [6.45, 7) is 15.7. The zero-order valence-electron chi connectivity index (χ0n) is 17.8. The second-order valence-electron chi connectivity index (χ2n) is 8.81. The fourth-order valence-electron chi connectivity index (χ4n) is 5.64. The lowest BCUT2D eigenvalue weighted by Crippen LogP contribution is -3.11. The van der Waals surface area contributed by atoms with Crippen LogP contribution >= 0.6 is 23.2 Å². The number of hydrogen-bond acceptors (Lipinski definition) is 0. The molecule has 2 aromatic carbocycles. The standard InChI is InChI=1S/C23H31BCl2N/c1-13-11-15(3)21(25)17(5)19(13)23(27-9-7-8-10-27)24-20-14(2)12-16(4)22(26)18(20)6/h11-12,23H,7-10,24H2,1-6H3/q-1/p+1. The van der Waals surface area contributed by atoms with E-state index >= 15 is 0 Å². The molecule has 1 unspecified atom stereocenters. The Balaban J connectivity index is 2.13. The van der Waals surface area contributed by atoms with Crippen LogP contribution in [0.1, 0.15) is 57.7 Å². The first kappa shape index (κ1) is 20.8. The highest BCUT2D eigenvalue weighted by Crippen LogP contribution is 2.30. The van der Waals surface area contributed by atoms with E-state index in [1.165, 1.54) is 70.3 Å². The topological polar surface area (TPSA) is 4.44 Å². The summed E-state index contributed by atoms with van der Waals surface area (Å²) in [5.74, 6) is 0.557. The van der Waals surface area contributed by atoms with Gasteiger partial charge in [0.15, 0.2) is 0 Å². The molecule has 0 amide bonds. The van der Waals surface area contributed by atoms with Gasteiger partial charge in [-0.05, 0) is 75.3 Å². The van der Waals surface area contributed by atoms with E-state index in [0.29, 0.717) is 5.94 Å². The first-order chi connectivity index (χ1) is 12.7. The Bertz CT molecular complexity index is 870. The van der Waals surface area contributed by atoms with Gasteiger partial charge in [0.05, 0.1) is 20.4 Å². The third kappa shape index (κ3) is 3.95. The first-order valence-electron chi connectivity index (χ1n) is 10.4. The van der Waals surface area contributed by atoms with Crippen LogP contribution in [0.5, 0.6) is 0 Å². The number of quaternary nitrogens is 1. The zero-order chi connectivity index (χ0) is 19.9. The summed E-state index contributed by atoms with van der Waals surface area (Å²) in [7, 11) is -0.412. The van der Waals surface area contributed by atoms with Crippen LogP contribution in [0.25, 0.3) is 0 Å². The van der Waals surface area contributed by atoms with Crippen molar-refractivity contribution < 1.29 is 4.90 Å². The van der Waals surface area contributed by atoms with Gasteiger partial charge in [0.2, 0.25) is 0 Å². The quantitative estimate of drug-likeness (QED) is 0.735. The molecule has 1 heterocycles. The molecule has 27 heavy (non-hydrogen) atoms. The maximum absolute atomic E-state index is 6.70. The molecule has 1 aliphatic heterocycles. The Hall–Kier alpha value is -0.955. The molecule has 1 aliphatic rings. The van der Waals surface area contributed by atoms with Gasteiger partial charge in [-0.2, -0.15) is 0 Å². The molecule has 1 saturated heterocycles. The summed E-state index contributed by atoms with van der Waals surface area (Å²) in [4.78, 5) is 1.75. The number of halogens is 2. The van der Waals surface area contributed by atoms with Crippen molar-refractivity contribution >= 4 is 35.9 Å². The number of aryl methyl sites for hydroxylation is 4. The van der Waals surface area contributed by atoms with Crippen LogP contribution in [0.3, 0.4) is 0 Å². The zero-order valence-corrected chi connectivity index (χ0v) is 19.3. The minimum atomic E-state index is -0.412. The maximum atomic E-state index is 6.70. The molecule has 0 radical (unpaired) electrons. The Morgan fingerprint density at radius 1 is 0.778 bits per heavy atom. The van der Waals surface area contributed by atoms with Gasteiger partial charge in [0.1, 0.15) is 0 Å². The summed E-state index contributed by atoms with van der Waals surface area (Å²) >= 11 is 13.3. The van der Waals surface area contributed by atoms with E-state index < -0.39 is 7.28 Å². The fourth-order valence-corrected chi connectivity index (χ4v) is 5.99. The fraction of sp³-hybridized carbons (Fsp3) is 0.478. The third-order valence-electron chi connectivity index (χ3n) is 7.07. The molecule has 0 aromatic heterocycles. The van der Waals surface area contributed by atoms with Crippen molar-refractivity contribution in [2.24, 2.45) is 0 Å². The lowest BCUT2D eigenvalue weighted by molar-refractivity contribution is -0.906. The molecule has 0 aliphatic carbocycles. The highest BCUT2D eigenvalue weighted by molar-refractivity contribution is 6.56. The van der Waals surface area contributed by atoms with E-state index in [9.17, 15) is 0 Å². The van der Waals surface area contributed by atoms with Crippen LogP contribution in [0, 0.1) is 41.5 Å². The molecule has 0 bridgehead atoms. The van der Waals surface area contributed by atoms with Gasteiger partial charge in [0, 0.05) is 22.9 Å². The van der Waals surface area contributed by atoms with Crippen molar-refractivity contribution in [1.82, 2.24) is 0 Å². The van der Waals surface area contributed by atoms with Crippen LogP contribution in [0.2, 0.25) is 10.0 Å². The number of hydrogen-bond donors (Lipinski definition) is 1. The summed E-state index contributed by atoms with van der Waals surface area (Å²) in [5.41, 5.74) is 10.8. The molecule has 0 saturated carbocycles. The number of rotatable bonds is 4. The summed E-state index contributed by atoms with van der Waals surface area (Å²) in [5, 5.41) is 1.89. The number of nitrogens with one attached hydrogen (secondary N) is 1. The van der Waals surface area contributed by atoms with Crippen LogP contribution in [-0.2, 0) is 0 Å². The highest BCUT2D eigenvalue weighted by atomic mass is 35.5. The van der Waals surface area contributed by atoms with Gasteiger partial charge in [-0.1, -0.05) is 46.5 Å². The van der Waals surface area contributed by atoms with Gasteiger partial charge in [-0.15, -0.1) is 0 Å². The van der Waals surface area contributed by atoms with Gasteiger partial charge in [-0.3, -0.25) is 0 Å². The van der Waals surface area contributed by atoms with Crippen LogP contribution < -0.4 is 10.4 Å². The third-order valence-corrected chi connectivity index (χ3v) is 8.23. The van der Waals surface area contributed by atoms with E-state index in [1.807, 2.05) is 0 Å². The van der Waals surface area contributed by atoms with Crippen LogP contribution in [0.15, 0.2) is 12.1 Å². The molecule has 2 aromatic rings.